The monoisotopic (exact) mass is 211 g/mol. The van der Waals surface area contributed by atoms with Crippen molar-refractivity contribution in [1.29, 1.82) is 0 Å². The first-order valence-corrected chi connectivity index (χ1v) is 5.52. The van der Waals surface area contributed by atoms with Gasteiger partial charge in [0.2, 0.25) is 0 Å². The van der Waals surface area contributed by atoms with E-state index in [1.54, 1.807) is 23.1 Å². The minimum absolute atomic E-state index is 0.910. The molecule has 60 valence electrons. The number of aromatic nitrogens is 1. The lowest BCUT2D eigenvalue weighted by atomic mass is 10.3. The number of hydrogen-bond acceptors (Lipinski definition) is 4. The molecule has 0 saturated heterocycles. The molecule has 0 atom stereocenters. The molecule has 1 aliphatic heterocycles. The van der Waals surface area contributed by atoms with E-state index in [-0.39, 0.29) is 0 Å². The summed E-state index contributed by atoms with van der Waals surface area (Å²) in [7, 11) is 0. The van der Waals surface area contributed by atoms with Gasteiger partial charge in [0.1, 0.15) is 0 Å². The molecule has 0 aromatic carbocycles. The molecule has 0 fully saturated rings. The lowest BCUT2D eigenvalue weighted by Gasteiger charge is -1.98. The lowest BCUT2D eigenvalue weighted by Crippen LogP contribution is -1.90. The van der Waals surface area contributed by atoms with Crippen LogP contribution < -0.4 is 0 Å². The van der Waals surface area contributed by atoms with Crippen molar-refractivity contribution >= 4 is 45.6 Å². The number of allylic oxidation sites excluding steroid dienone is 2. The average Bonchev–Trinajstić information content (AvgIpc) is 2.47. The Morgan fingerprint density at radius 1 is 1.33 bits per heavy atom. The van der Waals surface area contributed by atoms with Crippen LogP contribution >= 0.6 is 35.3 Å². The van der Waals surface area contributed by atoms with Gasteiger partial charge in [0.15, 0.2) is 0 Å². The molecule has 2 heterocycles. The summed E-state index contributed by atoms with van der Waals surface area (Å²) in [4.78, 5) is 5.31. The average molecular weight is 211 g/mol. The molecule has 0 N–H and O–H groups in total. The number of thiazole rings is 1. The van der Waals surface area contributed by atoms with Crippen LogP contribution in [0.4, 0.5) is 0 Å². The molecular formula is C8H5NS3. The van der Waals surface area contributed by atoms with E-state index in [2.05, 4.69) is 4.98 Å². The van der Waals surface area contributed by atoms with Crippen LogP contribution in [0.2, 0.25) is 0 Å². The molecule has 4 heteroatoms. The fraction of sp³-hybridized carbons (Fsp3) is 0. The van der Waals surface area contributed by atoms with Crippen LogP contribution in [0.5, 0.6) is 0 Å². The highest BCUT2D eigenvalue weighted by atomic mass is 32.2. The molecule has 1 aliphatic rings. The SMILES string of the molecule is S=C1SC=CC=Cc2ncsc21. The number of hydrogen-bond donors (Lipinski definition) is 0. The van der Waals surface area contributed by atoms with E-state index < -0.39 is 0 Å². The predicted octanol–water partition coefficient (Wildman–Crippen LogP) is 3.09. The summed E-state index contributed by atoms with van der Waals surface area (Å²) < 4.78 is 0.910. The van der Waals surface area contributed by atoms with Crippen LogP contribution in [0.3, 0.4) is 0 Å². The molecule has 0 spiro atoms. The molecule has 0 amide bonds. The van der Waals surface area contributed by atoms with E-state index in [0.29, 0.717) is 0 Å². The van der Waals surface area contributed by atoms with Crippen LogP contribution in [0, 0.1) is 0 Å². The van der Waals surface area contributed by atoms with Gasteiger partial charge in [-0.1, -0.05) is 36.1 Å². The van der Waals surface area contributed by atoms with Crippen LogP contribution in [-0.2, 0) is 0 Å². The van der Waals surface area contributed by atoms with E-state index in [1.807, 2.05) is 29.1 Å². The van der Waals surface area contributed by atoms with Crippen molar-refractivity contribution < 1.29 is 0 Å². The predicted molar refractivity (Wildman–Crippen MR) is 59.6 cm³/mol. The third-order valence-corrected chi connectivity index (χ3v) is 3.72. The zero-order valence-corrected chi connectivity index (χ0v) is 8.51. The van der Waals surface area contributed by atoms with Crippen molar-refractivity contribution in [3.05, 3.63) is 33.6 Å². The highest BCUT2D eigenvalue weighted by Gasteiger charge is 2.09. The summed E-state index contributed by atoms with van der Waals surface area (Å²) in [6.45, 7) is 0. The Bertz CT molecular complexity index is 362. The van der Waals surface area contributed by atoms with Crippen molar-refractivity contribution in [2.45, 2.75) is 0 Å². The Kier molecular flexibility index (Phi) is 2.39. The highest BCUT2D eigenvalue weighted by Crippen LogP contribution is 2.24. The molecule has 12 heavy (non-hydrogen) atoms. The van der Waals surface area contributed by atoms with Crippen molar-refractivity contribution in [1.82, 2.24) is 4.98 Å². The number of thiocarbonyl (C=S) groups is 1. The fourth-order valence-corrected chi connectivity index (χ4v) is 2.69. The van der Waals surface area contributed by atoms with Gasteiger partial charge in [0.25, 0.3) is 0 Å². The maximum absolute atomic E-state index is 5.21. The zero-order chi connectivity index (χ0) is 8.39. The van der Waals surface area contributed by atoms with Gasteiger partial charge in [0.05, 0.1) is 20.3 Å². The second-order valence-corrected chi connectivity index (χ2v) is 4.60. The summed E-state index contributed by atoms with van der Waals surface area (Å²) in [6.07, 6.45) is 5.93. The van der Waals surface area contributed by atoms with E-state index in [1.165, 1.54) is 0 Å². The maximum atomic E-state index is 5.21. The summed E-state index contributed by atoms with van der Waals surface area (Å²) in [5.41, 5.74) is 2.81. The first-order chi connectivity index (χ1) is 5.88. The Hall–Kier alpha value is -0.450. The van der Waals surface area contributed by atoms with E-state index in [0.717, 1.165) is 14.8 Å². The topological polar surface area (TPSA) is 12.9 Å². The van der Waals surface area contributed by atoms with Gasteiger partial charge in [-0.3, -0.25) is 0 Å². The fourth-order valence-electron chi connectivity index (χ4n) is 0.873. The molecule has 0 radical (unpaired) electrons. The Morgan fingerprint density at radius 3 is 3.17 bits per heavy atom. The van der Waals surface area contributed by atoms with Gasteiger partial charge in [-0.15, -0.1) is 11.3 Å². The van der Waals surface area contributed by atoms with Gasteiger partial charge in [-0.05, 0) is 11.5 Å². The number of rotatable bonds is 0. The minimum atomic E-state index is 0.910. The maximum Gasteiger partial charge on any atom is 0.0942 e. The standard InChI is InChI=1S/C8H5NS3/c10-8-7-6(9-5-12-7)3-1-2-4-11-8/h1-5H. The highest BCUT2D eigenvalue weighted by molar-refractivity contribution is 8.25. The molecule has 0 unspecified atom stereocenters. The first-order valence-electron chi connectivity index (χ1n) is 3.35. The summed E-state index contributed by atoms with van der Waals surface area (Å²) >= 11 is 8.38. The van der Waals surface area contributed by atoms with Gasteiger partial charge >= 0.3 is 0 Å². The molecular weight excluding hydrogens is 206 g/mol. The molecule has 0 saturated carbocycles. The van der Waals surface area contributed by atoms with Gasteiger partial charge in [-0.25, -0.2) is 4.98 Å². The Balaban J connectivity index is 2.51. The van der Waals surface area contributed by atoms with Crippen molar-refractivity contribution in [2.24, 2.45) is 0 Å². The van der Waals surface area contributed by atoms with Gasteiger partial charge < -0.3 is 0 Å². The van der Waals surface area contributed by atoms with E-state index >= 15 is 0 Å². The van der Waals surface area contributed by atoms with Crippen molar-refractivity contribution in [3.8, 4) is 0 Å². The van der Waals surface area contributed by atoms with Crippen LogP contribution in [0.1, 0.15) is 10.6 Å². The second-order valence-electron chi connectivity index (χ2n) is 2.16. The Labute approximate surface area is 84.2 Å². The smallest absolute Gasteiger partial charge is 0.0942 e. The summed E-state index contributed by atoms with van der Waals surface area (Å²) in [5, 5.41) is 1.99. The minimum Gasteiger partial charge on any atom is -0.245 e. The molecule has 1 aromatic rings. The van der Waals surface area contributed by atoms with Gasteiger partial charge in [-0.2, -0.15) is 0 Å². The number of fused-ring (bicyclic) bond motifs is 1. The van der Waals surface area contributed by atoms with Crippen molar-refractivity contribution in [3.63, 3.8) is 0 Å². The van der Waals surface area contributed by atoms with Crippen LogP contribution in [-0.4, -0.2) is 9.18 Å². The summed E-state index contributed by atoms with van der Waals surface area (Å²) in [6, 6.07) is 0. The molecule has 1 aromatic heterocycles. The summed E-state index contributed by atoms with van der Waals surface area (Å²) in [5.74, 6) is 0. The van der Waals surface area contributed by atoms with Crippen LogP contribution in [0.15, 0.2) is 23.1 Å². The zero-order valence-electron chi connectivity index (χ0n) is 6.06. The molecule has 1 nitrogen and oxygen atoms in total. The first kappa shape index (κ1) is 8.16. The number of nitrogens with zero attached hydrogens (tertiary/aromatic N) is 1. The quantitative estimate of drug-likeness (QED) is 0.612. The molecule has 0 aliphatic carbocycles. The van der Waals surface area contributed by atoms with E-state index in [4.69, 9.17) is 12.2 Å². The third-order valence-electron chi connectivity index (χ3n) is 1.40. The normalized spacial score (nSPS) is 15.5. The second kappa shape index (κ2) is 3.51. The van der Waals surface area contributed by atoms with Gasteiger partial charge in [0, 0.05) is 0 Å². The third kappa shape index (κ3) is 1.50. The molecule has 0 bridgehead atoms. The Morgan fingerprint density at radius 2 is 2.25 bits per heavy atom. The lowest BCUT2D eigenvalue weighted by molar-refractivity contribution is 1.38. The molecule has 2 rings (SSSR count). The van der Waals surface area contributed by atoms with Crippen LogP contribution in [0.25, 0.3) is 6.08 Å². The van der Waals surface area contributed by atoms with Crippen molar-refractivity contribution in [2.75, 3.05) is 0 Å². The largest absolute Gasteiger partial charge is 0.245 e. The number of thioether (sulfide) groups is 1. The van der Waals surface area contributed by atoms with E-state index in [9.17, 15) is 0 Å².